The van der Waals surface area contributed by atoms with Crippen molar-refractivity contribution in [1.29, 1.82) is 0 Å². The van der Waals surface area contributed by atoms with Crippen LogP contribution in [-0.2, 0) is 4.74 Å². The number of carbonyl (C=O) groups excluding carboxylic acids is 1. The van der Waals surface area contributed by atoms with Crippen LogP contribution in [0.4, 0.5) is 5.69 Å². The Hall–Kier alpha value is -2.89. The van der Waals surface area contributed by atoms with Gasteiger partial charge in [0.15, 0.2) is 0 Å². The Bertz CT molecular complexity index is 683. The molecule has 2 aromatic rings. The van der Waals surface area contributed by atoms with Gasteiger partial charge >= 0.3 is 5.97 Å². The number of benzene rings is 2. The number of rotatable bonds is 4. The largest absolute Gasteiger partial charge is 0.507 e. The Morgan fingerprint density at radius 3 is 2.48 bits per heavy atom. The van der Waals surface area contributed by atoms with Gasteiger partial charge in [0.25, 0.3) is 5.69 Å². The smallest absolute Gasteiger partial charge is 0.342 e. The number of nitrogens with zero attached hydrogens (tertiary/aromatic N) is 1. The Kier molecular flexibility index (Phi) is 4.18. The zero-order valence-electron chi connectivity index (χ0n) is 11.2. The maximum absolute atomic E-state index is 12.0. The molecule has 1 unspecified atom stereocenters. The second-order valence-corrected chi connectivity index (χ2v) is 4.38. The average molecular weight is 287 g/mol. The first kappa shape index (κ1) is 14.5. The van der Waals surface area contributed by atoms with E-state index in [1.165, 1.54) is 24.3 Å². The highest BCUT2D eigenvalue weighted by atomic mass is 16.6. The van der Waals surface area contributed by atoms with E-state index in [2.05, 4.69) is 0 Å². The van der Waals surface area contributed by atoms with E-state index in [1.807, 2.05) is 0 Å². The zero-order valence-corrected chi connectivity index (χ0v) is 11.2. The van der Waals surface area contributed by atoms with E-state index in [0.29, 0.717) is 5.56 Å². The van der Waals surface area contributed by atoms with Gasteiger partial charge in [-0.25, -0.2) is 4.79 Å². The van der Waals surface area contributed by atoms with Gasteiger partial charge in [-0.05, 0) is 25.1 Å². The zero-order chi connectivity index (χ0) is 15.4. The number of nitro groups is 1. The van der Waals surface area contributed by atoms with Crippen LogP contribution in [0.15, 0.2) is 48.5 Å². The van der Waals surface area contributed by atoms with Crippen molar-refractivity contribution in [3.63, 3.8) is 0 Å². The normalized spacial score (nSPS) is 11.7. The van der Waals surface area contributed by atoms with Gasteiger partial charge in [0, 0.05) is 6.07 Å². The molecule has 0 heterocycles. The number of nitro benzene ring substituents is 1. The molecule has 1 atom stereocenters. The number of aromatic hydroxyl groups is 1. The lowest BCUT2D eigenvalue weighted by Gasteiger charge is -2.14. The Balaban J connectivity index is 2.23. The van der Waals surface area contributed by atoms with Gasteiger partial charge in [0.1, 0.15) is 17.4 Å². The molecule has 2 aromatic carbocycles. The third-order valence-corrected chi connectivity index (χ3v) is 2.98. The van der Waals surface area contributed by atoms with Crippen LogP contribution in [0, 0.1) is 10.1 Å². The summed E-state index contributed by atoms with van der Waals surface area (Å²) in [6, 6.07) is 12.0. The van der Waals surface area contributed by atoms with Crippen LogP contribution in [0.25, 0.3) is 0 Å². The molecule has 108 valence electrons. The third-order valence-electron chi connectivity index (χ3n) is 2.98. The monoisotopic (exact) mass is 287 g/mol. The number of hydrogen-bond donors (Lipinski definition) is 1. The van der Waals surface area contributed by atoms with E-state index < -0.39 is 17.0 Å². The van der Waals surface area contributed by atoms with E-state index in [9.17, 15) is 20.0 Å². The molecule has 1 N–H and O–H groups in total. The number of para-hydroxylation sites is 2. The molecule has 0 aliphatic heterocycles. The second kappa shape index (κ2) is 6.04. The average Bonchev–Trinajstić information content (AvgIpc) is 2.47. The molecule has 0 aliphatic rings. The summed E-state index contributed by atoms with van der Waals surface area (Å²) in [6.45, 7) is 1.54. The SMILES string of the molecule is CC(OC(=O)c1ccccc1O)c1ccccc1[N+](=O)[O-]. The first-order valence-electron chi connectivity index (χ1n) is 6.23. The molecular weight excluding hydrogens is 274 g/mol. The van der Waals surface area contributed by atoms with Crippen LogP contribution in [0.3, 0.4) is 0 Å². The predicted molar refractivity (Wildman–Crippen MR) is 75.0 cm³/mol. The topological polar surface area (TPSA) is 89.7 Å². The number of carbonyl (C=O) groups is 1. The minimum Gasteiger partial charge on any atom is -0.507 e. The quantitative estimate of drug-likeness (QED) is 0.529. The third kappa shape index (κ3) is 3.17. The molecule has 0 aromatic heterocycles. The Morgan fingerprint density at radius 1 is 1.19 bits per heavy atom. The van der Waals surface area contributed by atoms with Crippen LogP contribution in [-0.4, -0.2) is 16.0 Å². The van der Waals surface area contributed by atoms with Gasteiger partial charge in [-0.15, -0.1) is 0 Å². The fraction of sp³-hybridized carbons (Fsp3) is 0.133. The van der Waals surface area contributed by atoms with Gasteiger partial charge in [0.05, 0.1) is 10.5 Å². The van der Waals surface area contributed by atoms with Crippen LogP contribution in [0.1, 0.15) is 28.9 Å². The summed E-state index contributed by atoms with van der Waals surface area (Å²) in [7, 11) is 0. The van der Waals surface area contributed by atoms with Gasteiger partial charge in [-0.2, -0.15) is 0 Å². The number of ether oxygens (including phenoxy) is 1. The fourth-order valence-corrected chi connectivity index (χ4v) is 1.93. The van der Waals surface area contributed by atoms with Crippen molar-refractivity contribution in [3.05, 3.63) is 69.8 Å². The van der Waals surface area contributed by atoms with E-state index in [4.69, 9.17) is 4.74 Å². The van der Waals surface area contributed by atoms with Crippen molar-refractivity contribution in [1.82, 2.24) is 0 Å². The highest BCUT2D eigenvalue weighted by Crippen LogP contribution is 2.28. The summed E-state index contributed by atoms with van der Waals surface area (Å²) in [5.74, 6) is -0.934. The number of phenolic OH excluding ortho intramolecular Hbond substituents is 1. The van der Waals surface area contributed by atoms with Gasteiger partial charge in [0.2, 0.25) is 0 Å². The lowest BCUT2D eigenvalue weighted by Crippen LogP contribution is -2.10. The van der Waals surface area contributed by atoms with Crippen molar-refractivity contribution in [2.45, 2.75) is 13.0 Å². The van der Waals surface area contributed by atoms with Crippen molar-refractivity contribution in [2.75, 3.05) is 0 Å². The van der Waals surface area contributed by atoms with Crippen LogP contribution in [0.2, 0.25) is 0 Å². The van der Waals surface area contributed by atoms with Crippen molar-refractivity contribution in [3.8, 4) is 5.75 Å². The molecule has 0 saturated carbocycles. The highest BCUT2D eigenvalue weighted by Gasteiger charge is 2.22. The van der Waals surface area contributed by atoms with E-state index in [0.717, 1.165) is 0 Å². The molecule has 0 aliphatic carbocycles. The molecule has 0 bridgehead atoms. The summed E-state index contributed by atoms with van der Waals surface area (Å²) in [6.07, 6.45) is -0.807. The molecule has 6 heteroatoms. The number of esters is 1. The maximum atomic E-state index is 12.0. The molecule has 6 nitrogen and oxygen atoms in total. The van der Waals surface area contributed by atoms with Crippen molar-refractivity contribution in [2.24, 2.45) is 0 Å². The molecule has 2 rings (SSSR count). The number of phenols is 1. The first-order chi connectivity index (χ1) is 10.0. The van der Waals surface area contributed by atoms with Gasteiger partial charge in [-0.3, -0.25) is 10.1 Å². The van der Waals surface area contributed by atoms with Crippen LogP contribution in [0.5, 0.6) is 5.75 Å². The molecule has 21 heavy (non-hydrogen) atoms. The standard InChI is InChI=1S/C15H13NO5/c1-10(11-6-2-4-8-13(11)16(19)20)21-15(18)12-7-3-5-9-14(12)17/h2-10,17H,1H3. The summed E-state index contributed by atoms with van der Waals surface area (Å²) < 4.78 is 5.19. The van der Waals surface area contributed by atoms with E-state index >= 15 is 0 Å². The lowest BCUT2D eigenvalue weighted by molar-refractivity contribution is -0.386. The van der Waals surface area contributed by atoms with E-state index in [1.54, 1.807) is 31.2 Å². The van der Waals surface area contributed by atoms with Crippen LogP contribution >= 0.6 is 0 Å². The first-order valence-corrected chi connectivity index (χ1v) is 6.23. The van der Waals surface area contributed by atoms with Gasteiger partial charge < -0.3 is 9.84 Å². The summed E-state index contributed by atoms with van der Waals surface area (Å²) in [5, 5.41) is 20.6. The molecule has 0 radical (unpaired) electrons. The minimum atomic E-state index is -0.807. The Morgan fingerprint density at radius 2 is 1.81 bits per heavy atom. The summed E-state index contributed by atoms with van der Waals surface area (Å²) >= 11 is 0. The molecule has 0 spiro atoms. The minimum absolute atomic E-state index is 0.0166. The molecule has 0 amide bonds. The number of hydrogen-bond acceptors (Lipinski definition) is 5. The highest BCUT2D eigenvalue weighted by molar-refractivity contribution is 5.92. The maximum Gasteiger partial charge on any atom is 0.342 e. The Labute approximate surface area is 120 Å². The fourth-order valence-electron chi connectivity index (χ4n) is 1.93. The molecule has 0 fully saturated rings. The lowest BCUT2D eigenvalue weighted by atomic mass is 10.1. The van der Waals surface area contributed by atoms with E-state index in [-0.39, 0.29) is 17.0 Å². The van der Waals surface area contributed by atoms with Crippen molar-refractivity contribution >= 4 is 11.7 Å². The molecular formula is C15H13NO5. The second-order valence-electron chi connectivity index (χ2n) is 4.38. The molecule has 0 saturated heterocycles. The van der Waals surface area contributed by atoms with Crippen LogP contribution < -0.4 is 0 Å². The predicted octanol–water partition coefficient (Wildman–Crippen LogP) is 3.22. The van der Waals surface area contributed by atoms with Gasteiger partial charge in [-0.1, -0.05) is 24.3 Å². The summed E-state index contributed by atoms with van der Waals surface area (Å²) in [4.78, 5) is 22.4. The summed E-state index contributed by atoms with van der Waals surface area (Å²) in [5.41, 5.74) is 0.198. The van der Waals surface area contributed by atoms with Crippen molar-refractivity contribution < 1.29 is 19.6 Å².